The van der Waals surface area contributed by atoms with Crippen LogP contribution in [0, 0.1) is 6.92 Å². The number of hydrogen-bond acceptors (Lipinski definition) is 3. The summed E-state index contributed by atoms with van der Waals surface area (Å²) in [5.74, 6) is 1.45. The topological polar surface area (TPSA) is 42.4 Å². The number of hydrogen-bond donors (Lipinski definition) is 1. The van der Waals surface area contributed by atoms with Gasteiger partial charge in [0.25, 0.3) is 0 Å². The van der Waals surface area contributed by atoms with E-state index in [2.05, 4.69) is 4.98 Å². The molecule has 16 heavy (non-hydrogen) atoms. The van der Waals surface area contributed by atoms with Crippen molar-refractivity contribution >= 4 is 0 Å². The SMILES string of the molecule is Cc1ccc(Oc2ccc(CO)cc2)cn1. The van der Waals surface area contributed by atoms with Crippen LogP contribution >= 0.6 is 0 Å². The average molecular weight is 215 g/mol. The highest BCUT2D eigenvalue weighted by atomic mass is 16.5. The second-order valence-corrected chi connectivity index (χ2v) is 3.54. The molecule has 0 saturated carbocycles. The van der Waals surface area contributed by atoms with Crippen molar-refractivity contribution in [2.75, 3.05) is 0 Å². The van der Waals surface area contributed by atoms with E-state index in [1.165, 1.54) is 0 Å². The zero-order valence-corrected chi connectivity index (χ0v) is 9.05. The Morgan fingerprint density at radius 3 is 2.31 bits per heavy atom. The third-order valence-corrected chi connectivity index (χ3v) is 2.23. The smallest absolute Gasteiger partial charge is 0.145 e. The Labute approximate surface area is 94.3 Å². The van der Waals surface area contributed by atoms with Crippen LogP contribution < -0.4 is 4.74 Å². The number of aliphatic hydroxyl groups is 1. The lowest BCUT2D eigenvalue weighted by molar-refractivity contribution is 0.281. The fraction of sp³-hybridized carbons (Fsp3) is 0.154. The number of aromatic nitrogens is 1. The van der Waals surface area contributed by atoms with Gasteiger partial charge in [0, 0.05) is 5.69 Å². The van der Waals surface area contributed by atoms with Gasteiger partial charge in [-0.2, -0.15) is 0 Å². The molecule has 1 N–H and O–H groups in total. The van der Waals surface area contributed by atoms with Crippen LogP contribution in [0.15, 0.2) is 42.6 Å². The van der Waals surface area contributed by atoms with Crippen LogP contribution in [0.1, 0.15) is 11.3 Å². The Morgan fingerprint density at radius 2 is 1.75 bits per heavy atom. The molecule has 0 amide bonds. The van der Waals surface area contributed by atoms with Crippen molar-refractivity contribution in [3.63, 3.8) is 0 Å². The lowest BCUT2D eigenvalue weighted by Gasteiger charge is -2.05. The molecule has 0 aliphatic rings. The molecule has 3 nitrogen and oxygen atoms in total. The van der Waals surface area contributed by atoms with Crippen LogP contribution in [0.2, 0.25) is 0 Å². The van der Waals surface area contributed by atoms with Gasteiger partial charge in [0.2, 0.25) is 0 Å². The molecule has 0 fully saturated rings. The molecule has 82 valence electrons. The van der Waals surface area contributed by atoms with Crippen molar-refractivity contribution in [2.24, 2.45) is 0 Å². The van der Waals surface area contributed by atoms with Crippen molar-refractivity contribution in [3.05, 3.63) is 53.9 Å². The molecular weight excluding hydrogens is 202 g/mol. The summed E-state index contributed by atoms with van der Waals surface area (Å²) >= 11 is 0. The van der Waals surface area contributed by atoms with Gasteiger partial charge in [-0.25, -0.2) is 0 Å². The highest BCUT2D eigenvalue weighted by Crippen LogP contribution is 2.20. The Balaban J connectivity index is 2.11. The molecule has 0 radical (unpaired) electrons. The molecule has 2 aromatic rings. The summed E-state index contributed by atoms with van der Waals surface area (Å²) in [6.07, 6.45) is 1.69. The number of aliphatic hydroxyl groups excluding tert-OH is 1. The lowest BCUT2D eigenvalue weighted by atomic mass is 10.2. The van der Waals surface area contributed by atoms with Gasteiger partial charge in [-0.3, -0.25) is 4.98 Å². The molecule has 0 aliphatic carbocycles. The maximum absolute atomic E-state index is 8.90. The summed E-state index contributed by atoms with van der Waals surface area (Å²) in [5.41, 5.74) is 1.83. The summed E-state index contributed by atoms with van der Waals surface area (Å²) in [7, 11) is 0. The summed E-state index contributed by atoms with van der Waals surface area (Å²) in [5, 5.41) is 8.90. The first-order valence-electron chi connectivity index (χ1n) is 5.08. The minimum absolute atomic E-state index is 0.0480. The molecule has 0 bridgehead atoms. The summed E-state index contributed by atoms with van der Waals surface area (Å²) in [4.78, 5) is 4.14. The molecule has 0 atom stereocenters. The van der Waals surface area contributed by atoms with Crippen molar-refractivity contribution in [2.45, 2.75) is 13.5 Å². The van der Waals surface area contributed by atoms with Crippen molar-refractivity contribution in [1.29, 1.82) is 0 Å². The van der Waals surface area contributed by atoms with E-state index in [0.717, 1.165) is 17.0 Å². The number of pyridine rings is 1. The largest absolute Gasteiger partial charge is 0.456 e. The standard InChI is InChI=1S/C13H13NO2/c1-10-2-5-13(8-14-10)16-12-6-3-11(9-15)4-7-12/h2-8,15H,9H2,1H3. The summed E-state index contributed by atoms with van der Waals surface area (Å²) < 4.78 is 5.59. The zero-order valence-electron chi connectivity index (χ0n) is 9.05. The van der Waals surface area contributed by atoms with Crippen LogP contribution in [0.5, 0.6) is 11.5 Å². The van der Waals surface area contributed by atoms with E-state index in [1.807, 2.05) is 43.3 Å². The number of aryl methyl sites for hydroxylation is 1. The van der Waals surface area contributed by atoms with Crippen LogP contribution in [-0.4, -0.2) is 10.1 Å². The van der Waals surface area contributed by atoms with E-state index in [0.29, 0.717) is 5.75 Å². The van der Waals surface area contributed by atoms with Crippen LogP contribution in [-0.2, 0) is 6.61 Å². The van der Waals surface area contributed by atoms with Gasteiger partial charge in [0.1, 0.15) is 11.5 Å². The molecule has 1 aromatic heterocycles. The Hall–Kier alpha value is -1.87. The maximum Gasteiger partial charge on any atom is 0.145 e. The Morgan fingerprint density at radius 1 is 1.06 bits per heavy atom. The highest BCUT2D eigenvalue weighted by molar-refractivity contribution is 5.32. The predicted molar refractivity (Wildman–Crippen MR) is 61.4 cm³/mol. The number of rotatable bonds is 3. The van der Waals surface area contributed by atoms with Gasteiger partial charge >= 0.3 is 0 Å². The van der Waals surface area contributed by atoms with Gasteiger partial charge in [-0.05, 0) is 36.8 Å². The van der Waals surface area contributed by atoms with Gasteiger partial charge < -0.3 is 9.84 Å². The third kappa shape index (κ3) is 2.58. The van der Waals surface area contributed by atoms with E-state index in [9.17, 15) is 0 Å². The highest BCUT2D eigenvalue weighted by Gasteiger charge is 1.97. The molecule has 1 heterocycles. The molecule has 0 aliphatic heterocycles. The molecule has 0 spiro atoms. The fourth-order valence-electron chi connectivity index (χ4n) is 1.31. The van der Waals surface area contributed by atoms with E-state index in [-0.39, 0.29) is 6.61 Å². The van der Waals surface area contributed by atoms with Crippen molar-refractivity contribution in [3.8, 4) is 11.5 Å². The van der Waals surface area contributed by atoms with Crippen LogP contribution in [0.25, 0.3) is 0 Å². The Bertz CT molecular complexity index is 448. The summed E-state index contributed by atoms with van der Waals surface area (Å²) in [6, 6.07) is 11.1. The van der Waals surface area contributed by atoms with Crippen molar-refractivity contribution in [1.82, 2.24) is 4.98 Å². The van der Waals surface area contributed by atoms with Crippen molar-refractivity contribution < 1.29 is 9.84 Å². The minimum atomic E-state index is 0.0480. The maximum atomic E-state index is 8.90. The first kappa shape index (κ1) is 10.6. The van der Waals surface area contributed by atoms with E-state index >= 15 is 0 Å². The third-order valence-electron chi connectivity index (χ3n) is 2.23. The van der Waals surface area contributed by atoms with E-state index in [1.54, 1.807) is 6.20 Å². The van der Waals surface area contributed by atoms with Gasteiger partial charge in [0.05, 0.1) is 12.8 Å². The monoisotopic (exact) mass is 215 g/mol. The van der Waals surface area contributed by atoms with Crippen LogP contribution in [0.3, 0.4) is 0 Å². The molecule has 2 rings (SSSR count). The van der Waals surface area contributed by atoms with Gasteiger partial charge in [-0.1, -0.05) is 12.1 Å². The lowest BCUT2D eigenvalue weighted by Crippen LogP contribution is -1.87. The quantitative estimate of drug-likeness (QED) is 0.855. The zero-order chi connectivity index (χ0) is 11.4. The number of nitrogens with zero attached hydrogens (tertiary/aromatic N) is 1. The minimum Gasteiger partial charge on any atom is -0.456 e. The molecule has 1 aromatic carbocycles. The number of ether oxygens (including phenoxy) is 1. The Kier molecular flexibility index (Phi) is 3.17. The van der Waals surface area contributed by atoms with Gasteiger partial charge in [-0.15, -0.1) is 0 Å². The molecule has 3 heteroatoms. The predicted octanol–water partition coefficient (Wildman–Crippen LogP) is 2.67. The number of benzene rings is 1. The summed E-state index contributed by atoms with van der Waals surface area (Å²) in [6.45, 7) is 1.98. The van der Waals surface area contributed by atoms with E-state index < -0.39 is 0 Å². The second kappa shape index (κ2) is 4.77. The first-order valence-corrected chi connectivity index (χ1v) is 5.08. The molecule has 0 saturated heterocycles. The van der Waals surface area contributed by atoms with Crippen LogP contribution in [0.4, 0.5) is 0 Å². The fourth-order valence-corrected chi connectivity index (χ4v) is 1.31. The molecule has 0 unspecified atom stereocenters. The first-order chi connectivity index (χ1) is 7.78. The van der Waals surface area contributed by atoms with E-state index in [4.69, 9.17) is 9.84 Å². The van der Waals surface area contributed by atoms with Gasteiger partial charge in [0.15, 0.2) is 0 Å². The normalized spacial score (nSPS) is 10.1. The second-order valence-electron chi connectivity index (χ2n) is 3.54. The average Bonchev–Trinajstić information content (AvgIpc) is 2.33. The molecular formula is C13H13NO2.